The van der Waals surface area contributed by atoms with Crippen molar-refractivity contribution in [2.75, 3.05) is 0 Å². The van der Waals surface area contributed by atoms with Gasteiger partial charge in [-0.1, -0.05) is 31.2 Å². The van der Waals surface area contributed by atoms with Crippen molar-refractivity contribution in [1.82, 2.24) is 0 Å². The molecule has 0 saturated heterocycles. The highest BCUT2D eigenvalue weighted by Gasteiger charge is 2.13. The third-order valence-electron chi connectivity index (χ3n) is 2.64. The van der Waals surface area contributed by atoms with Crippen molar-refractivity contribution in [1.29, 1.82) is 0 Å². The lowest BCUT2D eigenvalue weighted by atomic mass is 10.1. The maximum absolute atomic E-state index is 10.9. The molecule has 0 fully saturated rings. The van der Waals surface area contributed by atoms with Crippen LogP contribution in [0.3, 0.4) is 0 Å². The summed E-state index contributed by atoms with van der Waals surface area (Å²) >= 11 is 0. The molecule has 0 amide bonds. The minimum absolute atomic E-state index is 0.122. The second kappa shape index (κ2) is 7.18. The Morgan fingerprint density at radius 1 is 1.40 bits per heavy atom. The van der Waals surface area contributed by atoms with Gasteiger partial charge < -0.3 is 5.11 Å². The highest BCUT2D eigenvalue weighted by Crippen LogP contribution is 2.20. The van der Waals surface area contributed by atoms with Crippen LogP contribution in [0.25, 0.3) is 6.08 Å². The normalized spacial score (nSPS) is 13.5. The molecule has 110 valence electrons. The molecule has 0 unspecified atom stereocenters. The van der Waals surface area contributed by atoms with E-state index in [1.54, 1.807) is 31.2 Å². The quantitative estimate of drug-likeness (QED) is 0.591. The Bertz CT molecular complexity index is 591. The molecule has 1 aromatic carbocycles. The maximum atomic E-state index is 10.9. The van der Waals surface area contributed by atoms with E-state index in [-0.39, 0.29) is 17.7 Å². The maximum Gasteiger partial charge on any atom is 0.397 e. The number of aromatic hydroxyl groups is 1. The number of rotatable bonds is 7. The van der Waals surface area contributed by atoms with Crippen molar-refractivity contribution in [3.8, 4) is 5.75 Å². The molecule has 0 saturated carbocycles. The van der Waals surface area contributed by atoms with E-state index in [1.165, 1.54) is 6.07 Å². The molecule has 0 bridgehead atoms. The summed E-state index contributed by atoms with van der Waals surface area (Å²) in [5, 5.41) is 9.50. The molecule has 1 aromatic rings. The van der Waals surface area contributed by atoms with Gasteiger partial charge in [0.25, 0.3) is 0 Å². The second-order valence-corrected chi connectivity index (χ2v) is 5.14. The first kappa shape index (κ1) is 16.4. The van der Waals surface area contributed by atoms with Crippen LogP contribution < -0.4 is 0 Å². The summed E-state index contributed by atoms with van der Waals surface area (Å²) in [6.07, 6.45) is 3.69. The van der Waals surface area contributed by atoms with Crippen LogP contribution in [0, 0.1) is 0 Å². The van der Waals surface area contributed by atoms with Crippen LogP contribution in [0.1, 0.15) is 35.7 Å². The van der Waals surface area contributed by atoms with Crippen LogP contribution >= 0.6 is 0 Å². The van der Waals surface area contributed by atoms with E-state index in [0.29, 0.717) is 18.3 Å². The number of phenols is 1. The van der Waals surface area contributed by atoms with Gasteiger partial charge in [0.1, 0.15) is 5.75 Å². The molecule has 7 heteroatoms. The van der Waals surface area contributed by atoms with E-state index in [9.17, 15) is 18.3 Å². The largest absolute Gasteiger partial charge is 0.507 e. The molecule has 0 aliphatic heterocycles. The summed E-state index contributed by atoms with van der Waals surface area (Å²) in [6, 6.07) is 4.63. The van der Waals surface area contributed by atoms with Crippen molar-refractivity contribution in [2.45, 2.75) is 25.9 Å². The van der Waals surface area contributed by atoms with Gasteiger partial charge in [-0.2, -0.15) is 8.42 Å². The molecule has 0 radical (unpaired) electrons. The van der Waals surface area contributed by atoms with Gasteiger partial charge in [0.05, 0.1) is 11.7 Å². The van der Waals surface area contributed by atoms with Crippen molar-refractivity contribution >= 4 is 22.8 Å². The number of benzene rings is 1. The van der Waals surface area contributed by atoms with Gasteiger partial charge in [0.2, 0.25) is 0 Å². The fourth-order valence-electron chi connectivity index (χ4n) is 1.64. The van der Waals surface area contributed by atoms with Gasteiger partial charge in [0, 0.05) is 0 Å². The van der Waals surface area contributed by atoms with E-state index in [0.717, 1.165) is 0 Å². The zero-order valence-electron chi connectivity index (χ0n) is 10.9. The first-order chi connectivity index (χ1) is 9.37. The smallest absolute Gasteiger partial charge is 0.397 e. The summed E-state index contributed by atoms with van der Waals surface area (Å²) < 4.78 is 34.3. The summed E-state index contributed by atoms with van der Waals surface area (Å²) in [5.41, 5.74) is 0.675. The van der Waals surface area contributed by atoms with E-state index in [1.807, 2.05) is 0 Å². The predicted molar refractivity (Wildman–Crippen MR) is 73.9 cm³/mol. The summed E-state index contributed by atoms with van der Waals surface area (Å²) in [4.78, 5) is 10.9. The lowest BCUT2D eigenvalue weighted by Crippen LogP contribution is -2.16. The minimum atomic E-state index is -4.48. The topological polar surface area (TPSA) is 101 Å². The van der Waals surface area contributed by atoms with Gasteiger partial charge in [-0.3, -0.25) is 9.35 Å². The van der Waals surface area contributed by atoms with Crippen LogP contribution in [-0.2, 0) is 14.6 Å². The predicted octanol–water partition coefficient (Wildman–Crippen LogP) is 2.21. The molecule has 2 N–H and O–H groups in total. The van der Waals surface area contributed by atoms with Gasteiger partial charge >= 0.3 is 10.4 Å². The Labute approximate surface area is 117 Å². The average molecular weight is 300 g/mol. The molecule has 0 aliphatic rings. The standard InChI is InChI=1S/C13H16O6S/c1-2-11(19-20(16,17)18)7-3-5-10-6-4-8-13(15)12(10)9-14/h3-6,8-9,11,15H,2,7H2,1H3,(H,16,17,18)/b5-3+/t11-/m0/s1. The fraction of sp³-hybridized carbons (Fsp3) is 0.308. The number of aldehydes is 1. The molecule has 1 atom stereocenters. The third kappa shape index (κ3) is 5.12. The number of carbonyl (C=O) groups is 1. The Kier molecular flexibility index (Phi) is 5.87. The Morgan fingerprint density at radius 2 is 2.10 bits per heavy atom. The number of carbonyl (C=O) groups excluding carboxylic acids is 1. The van der Waals surface area contributed by atoms with Crippen LogP contribution in [0.2, 0.25) is 0 Å². The third-order valence-corrected chi connectivity index (χ3v) is 3.16. The monoisotopic (exact) mass is 300 g/mol. The van der Waals surface area contributed by atoms with E-state index in [2.05, 4.69) is 4.18 Å². The Morgan fingerprint density at radius 3 is 2.65 bits per heavy atom. The van der Waals surface area contributed by atoms with Crippen molar-refractivity contribution in [3.05, 3.63) is 35.4 Å². The van der Waals surface area contributed by atoms with Crippen LogP contribution in [0.5, 0.6) is 5.75 Å². The zero-order valence-corrected chi connectivity index (χ0v) is 11.7. The van der Waals surface area contributed by atoms with Gasteiger partial charge in [0.15, 0.2) is 6.29 Å². The highest BCUT2D eigenvalue weighted by molar-refractivity contribution is 7.80. The minimum Gasteiger partial charge on any atom is -0.507 e. The Balaban J connectivity index is 2.78. The van der Waals surface area contributed by atoms with Crippen molar-refractivity contribution in [2.24, 2.45) is 0 Å². The van der Waals surface area contributed by atoms with Crippen molar-refractivity contribution in [3.63, 3.8) is 0 Å². The zero-order chi connectivity index (χ0) is 15.2. The molecule has 0 spiro atoms. The average Bonchev–Trinajstić information content (AvgIpc) is 2.36. The first-order valence-electron chi connectivity index (χ1n) is 5.96. The lowest BCUT2D eigenvalue weighted by molar-refractivity contribution is 0.112. The van der Waals surface area contributed by atoms with Crippen LogP contribution in [0.15, 0.2) is 24.3 Å². The van der Waals surface area contributed by atoms with Crippen LogP contribution in [-0.4, -0.2) is 30.5 Å². The fourth-order valence-corrected chi connectivity index (χ4v) is 2.20. The second-order valence-electron chi connectivity index (χ2n) is 4.09. The molecule has 20 heavy (non-hydrogen) atoms. The van der Waals surface area contributed by atoms with E-state index < -0.39 is 16.5 Å². The first-order valence-corrected chi connectivity index (χ1v) is 7.33. The number of hydrogen-bond donors (Lipinski definition) is 2. The molecule has 0 aliphatic carbocycles. The van der Waals surface area contributed by atoms with Crippen molar-refractivity contribution < 1.29 is 27.1 Å². The SMILES string of the molecule is CC[C@@H](C/C=C/c1cccc(O)c1C=O)OS(=O)(=O)O. The highest BCUT2D eigenvalue weighted by atomic mass is 32.3. The molecule has 6 nitrogen and oxygen atoms in total. The van der Waals surface area contributed by atoms with Crippen LogP contribution in [0.4, 0.5) is 0 Å². The molecule has 0 heterocycles. The number of phenolic OH excluding ortho intramolecular Hbond substituents is 1. The van der Waals surface area contributed by atoms with E-state index in [4.69, 9.17) is 4.55 Å². The summed E-state index contributed by atoms with van der Waals surface area (Å²) in [5.74, 6) is -0.122. The molecule has 0 aromatic heterocycles. The van der Waals surface area contributed by atoms with E-state index >= 15 is 0 Å². The number of hydrogen-bond acceptors (Lipinski definition) is 5. The molecular weight excluding hydrogens is 284 g/mol. The van der Waals surface area contributed by atoms with Gasteiger partial charge in [-0.25, -0.2) is 4.18 Å². The van der Waals surface area contributed by atoms with Gasteiger partial charge in [-0.15, -0.1) is 0 Å². The lowest BCUT2D eigenvalue weighted by Gasteiger charge is -2.10. The Hall–Kier alpha value is -1.70. The summed E-state index contributed by atoms with van der Waals surface area (Å²) in [6.45, 7) is 1.72. The molecular formula is C13H16O6S. The summed E-state index contributed by atoms with van der Waals surface area (Å²) in [7, 11) is -4.48. The van der Waals surface area contributed by atoms with Gasteiger partial charge in [-0.05, 0) is 24.5 Å². The molecule has 1 rings (SSSR count).